The lowest BCUT2D eigenvalue weighted by Crippen LogP contribution is -2.24. The molecule has 0 unspecified atom stereocenters. The molecule has 0 aliphatic carbocycles. The first-order valence-corrected chi connectivity index (χ1v) is 6.41. The highest BCUT2D eigenvalue weighted by molar-refractivity contribution is 5.99. The highest BCUT2D eigenvalue weighted by Gasteiger charge is 2.13. The number of hydroxylamine groups is 1. The van der Waals surface area contributed by atoms with Crippen molar-refractivity contribution < 1.29 is 10.0 Å². The highest BCUT2D eigenvalue weighted by Crippen LogP contribution is 2.23. The van der Waals surface area contributed by atoms with Gasteiger partial charge in [-0.05, 0) is 25.5 Å². The predicted molar refractivity (Wildman–Crippen MR) is 80.1 cm³/mol. The molecular weight excluding hydrogens is 270 g/mol. The number of hydrogen-bond acceptors (Lipinski definition) is 4. The second-order valence-corrected chi connectivity index (χ2v) is 4.93. The molecule has 2 aromatic rings. The van der Waals surface area contributed by atoms with Gasteiger partial charge in [0.15, 0.2) is 0 Å². The third kappa shape index (κ3) is 3.11. The van der Waals surface area contributed by atoms with Crippen molar-refractivity contribution in [3.63, 3.8) is 0 Å². The average molecular weight is 287 g/mol. The number of nitrogens with zero attached hydrogens (tertiary/aromatic N) is 1. The van der Waals surface area contributed by atoms with E-state index in [1.807, 2.05) is 32.0 Å². The molecule has 0 radical (unpaired) electrons. The van der Waals surface area contributed by atoms with E-state index in [0.29, 0.717) is 5.69 Å². The van der Waals surface area contributed by atoms with E-state index in [4.69, 9.17) is 5.21 Å². The summed E-state index contributed by atoms with van der Waals surface area (Å²) in [7, 11) is 1.54. The molecule has 0 aliphatic rings. The summed E-state index contributed by atoms with van der Waals surface area (Å²) in [4.78, 5) is 23.5. The molecule has 0 saturated carbocycles. The second-order valence-electron chi connectivity index (χ2n) is 4.93. The molecule has 0 saturated heterocycles. The lowest BCUT2D eigenvalue weighted by molar-refractivity contribution is 0.0706. The lowest BCUT2D eigenvalue weighted by Gasteiger charge is -2.14. The zero-order valence-corrected chi connectivity index (χ0v) is 12.1. The van der Waals surface area contributed by atoms with Gasteiger partial charge in [-0.15, -0.1) is 0 Å². The van der Waals surface area contributed by atoms with Gasteiger partial charge in [-0.25, -0.2) is 5.48 Å². The Morgan fingerprint density at radius 2 is 1.90 bits per heavy atom. The molecule has 2 rings (SSSR count). The van der Waals surface area contributed by atoms with Crippen LogP contribution in [-0.4, -0.2) is 15.7 Å². The lowest BCUT2D eigenvalue weighted by atomic mass is 10.1. The van der Waals surface area contributed by atoms with Crippen molar-refractivity contribution in [3.05, 3.63) is 57.5 Å². The Kier molecular flexibility index (Phi) is 4.09. The number of carbonyl (C=O) groups excluding carboxylic acids is 1. The first-order valence-electron chi connectivity index (χ1n) is 6.41. The van der Waals surface area contributed by atoms with Crippen molar-refractivity contribution in [2.75, 3.05) is 5.32 Å². The van der Waals surface area contributed by atoms with Crippen LogP contribution in [0.25, 0.3) is 0 Å². The number of benzene rings is 1. The second kappa shape index (κ2) is 5.80. The minimum atomic E-state index is -0.683. The van der Waals surface area contributed by atoms with Gasteiger partial charge < -0.3 is 9.88 Å². The van der Waals surface area contributed by atoms with Crippen molar-refractivity contribution in [2.45, 2.75) is 13.8 Å². The number of anilines is 2. The Hall–Kier alpha value is -2.60. The third-order valence-corrected chi connectivity index (χ3v) is 3.23. The van der Waals surface area contributed by atoms with Gasteiger partial charge in [0.25, 0.3) is 11.5 Å². The van der Waals surface area contributed by atoms with Gasteiger partial charge in [0.1, 0.15) is 0 Å². The van der Waals surface area contributed by atoms with E-state index in [1.54, 1.807) is 5.48 Å². The van der Waals surface area contributed by atoms with Gasteiger partial charge >= 0.3 is 0 Å². The van der Waals surface area contributed by atoms with E-state index < -0.39 is 5.91 Å². The van der Waals surface area contributed by atoms with E-state index in [-0.39, 0.29) is 11.1 Å². The maximum absolute atomic E-state index is 11.8. The van der Waals surface area contributed by atoms with Crippen molar-refractivity contribution in [3.8, 4) is 0 Å². The van der Waals surface area contributed by atoms with Crippen molar-refractivity contribution in [2.24, 2.45) is 7.05 Å². The number of aromatic nitrogens is 1. The molecular formula is C15H17N3O3. The van der Waals surface area contributed by atoms with E-state index >= 15 is 0 Å². The van der Waals surface area contributed by atoms with E-state index in [9.17, 15) is 9.59 Å². The zero-order valence-electron chi connectivity index (χ0n) is 12.1. The molecule has 0 fully saturated rings. The molecule has 0 aliphatic heterocycles. The van der Waals surface area contributed by atoms with Gasteiger partial charge in [0.05, 0.1) is 11.3 Å². The Balaban J connectivity index is 2.50. The first kappa shape index (κ1) is 14.8. The number of amides is 1. The number of aryl methyl sites for hydroxylation is 3. The number of pyridine rings is 1. The Labute approximate surface area is 122 Å². The monoisotopic (exact) mass is 287 g/mol. The van der Waals surface area contributed by atoms with Gasteiger partial charge in [0, 0.05) is 25.0 Å². The molecule has 1 aromatic heterocycles. The molecule has 1 amide bonds. The van der Waals surface area contributed by atoms with Crippen LogP contribution in [0.4, 0.5) is 11.4 Å². The van der Waals surface area contributed by atoms with Crippen LogP contribution >= 0.6 is 0 Å². The van der Waals surface area contributed by atoms with Crippen molar-refractivity contribution in [1.29, 1.82) is 0 Å². The minimum Gasteiger partial charge on any atom is -0.354 e. The summed E-state index contributed by atoms with van der Waals surface area (Å²) in [6, 6.07) is 7.13. The molecule has 21 heavy (non-hydrogen) atoms. The fraction of sp³-hybridized carbons (Fsp3) is 0.200. The topological polar surface area (TPSA) is 83.4 Å². The van der Waals surface area contributed by atoms with Crippen molar-refractivity contribution >= 4 is 17.3 Å². The van der Waals surface area contributed by atoms with Gasteiger partial charge in [-0.1, -0.05) is 17.7 Å². The predicted octanol–water partition coefficient (Wildman–Crippen LogP) is 1.86. The largest absolute Gasteiger partial charge is 0.354 e. The van der Waals surface area contributed by atoms with E-state index in [1.165, 1.54) is 23.9 Å². The maximum atomic E-state index is 11.8. The van der Waals surface area contributed by atoms with Crippen LogP contribution in [0.3, 0.4) is 0 Å². The van der Waals surface area contributed by atoms with Gasteiger partial charge in [-0.2, -0.15) is 0 Å². The van der Waals surface area contributed by atoms with Crippen LogP contribution in [0.2, 0.25) is 0 Å². The average Bonchev–Trinajstić information content (AvgIpc) is 2.44. The van der Waals surface area contributed by atoms with E-state index in [2.05, 4.69) is 5.32 Å². The molecule has 110 valence electrons. The summed E-state index contributed by atoms with van der Waals surface area (Å²) in [5.74, 6) is -0.683. The van der Waals surface area contributed by atoms with Crippen LogP contribution in [0, 0.1) is 13.8 Å². The van der Waals surface area contributed by atoms with Crippen LogP contribution in [0.1, 0.15) is 21.5 Å². The molecule has 3 N–H and O–H groups in total. The molecule has 0 bridgehead atoms. The number of hydrogen-bond donors (Lipinski definition) is 3. The Morgan fingerprint density at radius 3 is 2.52 bits per heavy atom. The van der Waals surface area contributed by atoms with Crippen LogP contribution < -0.4 is 16.4 Å². The summed E-state index contributed by atoms with van der Waals surface area (Å²) in [5.41, 5.74) is 4.76. The number of nitrogens with one attached hydrogen (secondary N) is 2. The molecule has 0 atom stereocenters. The third-order valence-electron chi connectivity index (χ3n) is 3.23. The summed E-state index contributed by atoms with van der Waals surface area (Å²) < 4.78 is 1.28. The molecule has 0 spiro atoms. The summed E-state index contributed by atoms with van der Waals surface area (Å²) in [6.07, 6.45) is 1.37. The molecule has 6 heteroatoms. The highest BCUT2D eigenvalue weighted by atomic mass is 16.5. The van der Waals surface area contributed by atoms with Gasteiger partial charge in [-0.3, -0.25) is 14.8 Å². The summed E-state index contributed by atoms with van der Waals surface area (Å²) in [5, 5.41) is 11.9. The van der Waals surface area contributed by atoms with Crippen molar-refractivity contribution in [1.82, 2.24) is 10.0 Å². The fourth-order valence-electron chi connectivity index (χ4n) is 2.07. The van der Waals surface area contributed by atoms with Crippen LogP contribution in [0.15, 0.2) is 35.3 Å². The van der Waals surface area contributed by atoms with Gasteiger partial charge in [0.2, 0.25) is 0 Å². The van der Waals surface area contributed by atoms with E-state index in [0.717, 1.165) is 16.8 Å². The quantitative estimate of drug-likeness (QED) is 0.594. The standard InChI is InChI=1S/C15H17N3O3/c1-9-4-5-12(10(2)6-9)16-13-7-14(19)18(3)8-11(13)15(20)17-21/h4-8,16,21H,1-3H3,(H,17,20). The van der Waals surface area contributed by atoms with Crippen LogP contribution in [0.5, 0.6) is 0 Å². The Morgan fingerprint density at radius 1 is 1.19 bits per heavy atom. The Bertz CT molecular complexity index is 750. The smallest absolute Gasteiger partial charge is 0.278 e. The molecule has 6 nitrogen and oxygen atoms in total. The zero-order chi connectivity index (χ0) is 15.6. The normalized spacial score (nSPS) is 10.3. The van der Waals surface area contributed by atoms with Crippen LogP contribution in [-0.2, 0) is 7.05 Å². The summed E-state index contributed by atoms with van der Waals surface area (Å²) >= 11 is 0. The number of carbonyl (C=O) groups is 1. The SMILES string of the molecule is Cc1ccc(Nc2cc(=O)n(C)cc2C(=O)NO)c(C)c1. The fourth-order valence-corrected chi connectivity index (χ4v) is 2.07. The number of rotatable bonds is 3. The maximum Gasteiger partial charge on any atom is 0.278 e. The minimum absolute atomic E-state index is 0.180. The molecule has 1 aromatic carbocycles. The first-order chi connectivity index (χ1) is 9.92. The molecule has 1 heterocycles. The summed E-state index contributed by atoms with van der Waals surface area (Å²) in [6.45, 7) is 3.92.